The van der Waals surface area contributed by atoms with Gasteiger partial charge in [0.2, 0.25) is 5.91 Å². The summed E-state index contributed by atoms with van der Waals surface area (Å²) in [6, 6.07) is 3.76. The van der Waals surface area contributed by atoms with Crippen LogP contribution in [0.5, 0.6) is 0 Å². The first-order valence-corrected chi connectivity index (χ1v) is 9.17. The van der Waals surface area contributed by atoms with E-state index in [-0.39, 0.29) is 25.0 Å². The van der Waals surface area contributed by atoms with Crippen LogP contribution in [-0.2, 0) is 9.53 Å². The van der Waals surface area contributed by atoms with Crippen LogP contribution in [0.25, 0.3) is 10.9 Å². The topological polar surface area (TPSA) is 94.7 Å². The highest BCUT2D eigenvalue weighted by molar-refractivity contribution is 6.01. The van der Waals surface area contributed by atoms with Crippen LogP contribution in [0.15, 0.2) is 12.1 Å². The molecule has 0 spiro atoms. The van der Waals surface area contributed by atoms with Gasteiger partial charge in [-0.15, -0.1) is 0 Å². The van der Waals surface area contributed by atoms with E-state index < -0.39 is 12.1 Å². The SMILES string of the molecule is COCC(=O)N1CC[C@@H](NC(=O)c2[nH]c3c(C)cc(C)cc3c2C)[C@H](O)C1. The van der Waals surface area contributed by atoms with E-state index in [4.69, 9.17) is 4.74 Å². The Morgan fingerprint density at radius 2 is 2.07 bits per heavy atom. The zero-order chi connectivity index (χ0) is 19.7. The molecule has 1 saturated heterocycles. The Balaban J connectivity index is 1.73. The van der Waals surface area contributed by atoms with E-state index in [1.165, 1.54) is 7.11 Å². The smallest absolute Gasteiger partial charge is 0.268 e. The van der Waals surface area contributed by atoms with Crippen molar-refractivity contribution in [2.75, 3.05) is 26.8 Å². The molecule has 3 rings (SSSR count). The number of hydrogen-bond donors (Lipinski definition) is 3. The van der Waals surface area contributed by atoms with Crippen LogP contribution in [0.4, 0.5) is 0 Å². The number of nitrogens with one attached hydrogen (secondary N) is 2. The number of carbonyl (C=O) groups excluding carboxylic acids is 2. The number of aliphatic hydroxyl groups is 1. The van der Waals surface area contributed by atoms with Crippen molar-refractivity contribution in [3.63, 3.8) is 0 Å². The van der Waals surface area contributed by atoms with Gasteiger partial charge in [0.25, 0.3) is 5.91 Å². The molecule has 2 heterocycles. The third kappa shape index (κ3) is 3.84. The zero-order valence-corrected chi connectivity index (χ0v) is 16.3. The normalized spacial score (nSPS) is 20.1. The molecule has 0 bridgehead atoms. The van der Waals surface area contributed by atoms with Crippen molar-refractivity contribution in [1.82, 2.24) is 15.2 Å². The first kappa shape index (κ1) is 19.4. The number of fused-ring (bicyclic) bond motifs is 1. The van der Waals surface area contributed by atoms with Gasteiger partial charge in [-0.3, -0.25) is 9.59 Å². The van der Waals surface area contributed by atoms with Gasteiger partial charge in [-0.1, -0.05) is 11.6 Å². The number of likely N-dealkylation sites (tertiary alicyclic amines) is 1. The van der Waals surface area contributed by atoms with Crippen LogP contribution in [0.1, 0.15) is 33.6 Å². The number of hydrogen-bond acceptors (Lipinski definition) is 4. The van der Waals surface area contributed by atoms with Crippen molar-refractivity contribution in [3.8, 4) is 0 Å². The van der Waals surface area contributed by atoms with Gasteiger partial charge in [-0.2, -0.15) is 0 Å². The molecule has 7 heteroatoms. The Kier molecular flexibility index (Phi) is 5.53. The lowest BCUT2D eigenvalue weighted by molar-refractivity contribution is -0.138. The van der Waals surface area contributed by atoms with Crippen LogP contribution in [-0.4, -0.2) is 65.8 Å². The molecule has 1 aromatic heterocycles. The molecule has 1 aromatic carbocycles. The van der Waals surface area contributed by atoms with Crippen LogP contribution in [0, 0.1) is 20.8 Å². The first-order valence-electron chi connectivity index (χ1n) is 9.17. The van der Waals surface area contributed by atoms with Gasteiger partial charge in [0, 0.05) is 31.1 Å². The maximum absolute atomic E-state index is 12.8. The molecule has 146 valence electrons. The van der Waals surface area contributed by atoms with Gasteiger partial charge in [-0.05, 0) is 44.4 Å². The summed E-state index contributed by atoms with van der Waals surface area (Å²) in [5, 5.41) is 14.3. The zero-order valence-electron chi connectivity index (χ0n) is 16.3. The number of β-amino-alcohol motifs (C(OH)–C–C–N with tert-alkyl or cyclic N) is 1. The summed E-state index contributed by atoms with van der Waals surface area (Å²) >= 11 is 0. The predicted molar refractivity (Wildman–Crippen MR) is 103 cm³/mol. The Hall–Kier alpha value is -2.38. The van der Waals surface area contributed by atoms with Crippen LogP contribution < -0.4 is 5.32 Å². The fraction of sp³-hybridized carbons (Fsp3) is 0.500. The minimum atomic E-state index is -0.808. The van der Waals surface area contributed by atoms with Crippen molar-refractivity contribution < 1.29 is 19.4 Å². The van der Waals surface area contributed by atoms with Gasteiger partial charge in [-0.25, -0.2) is 0 Å². The lowest BCUT2D eigenvalue weighted by atomic mass is 10.0. The monoisotopic (exact) mass is 373 g/mol. The van der Waals surface area contributed by atoms with Crippen molar-refractivity contribution in [3.05, 3.63) is 34.5 Å². The molecule has 27 heavy (non-hydrogen) atoms. The molecule has 2 aromatic rings. The lowest BCUT2D eigenvalue weighted by Crippen LogP contribution is -2.55. The molecular weight excluding hydrogens is 346 g/mol. The minimum absolute atomic E-state index is 0.00320. The van der Waals surface area contributed by atoms with Crippen LogP contribution >= 0.6 is 0 Å². The fourth-order valence-corrected chi connectivity index (χ4v) is 3.79. The van der Waals surface area contributed by atoms with Crippen molar-refractivity contribution >= 4 is 22.7 Å². The average molecular weight is 373 g/mol. The Labute approximate surface area is 158 Å². The molecule has 3 N–H and O–H groups in total. The number of benzene rings is 1. The number of aliphatic hydroxyl groups excluding tert-OH is 1. The van der Waals surface area contributed by atoms with Crippen LogP contribution in [0.3, 0.4) is 0 Å². The number of piperidine rings is 1. The molecule has 7 nitrogen and oxygen atoms in total. The van der Waals surface area contributed by atoms with Crippen molar-refractivity contribution in [2.24, 2.45) is 0 Å². The molecule has 1 aliphatic heterocycles. The Morgan fingerprint density at radius 1 is 1.33 bits per heavy atom. The maximum atomic E-state index is 12.8. The van der Waals surface area contributed by atoms with Gasteiger partial charge in [0.05, 0.1) is 12.1 Å². The average Bonchev–Trinajstić information content (AvgIpc) is 2.94. The minimum Gasteiger partial charge on any atom is -0.389 e. The highest BCUT2D eigenvalue weighted by Crippen LogP contribution is 2.26. The third-order valence-electron chi connectivity index (χ3n) is 5.25. The molecule has 1 aliphatic rings. The number of carbonyl (C=O) groups is 2. The summed E-state index contributed by atoms with van der Waals surface area (Å²) in [6.45, 7) is 6.65. The molecule has 0 saturated carbocycles. The highest BCUT2D eigenvalue weighted by atomic mass is 16.5. The summed E-state index contributed by atoms with van der Waals surface area (Å²) in [6.07, 6.45) is -0.308. The quantitative estimate of drug-likeness (QED) is 0.756. The number of nitrogens with zero attached hydrogens (tertiary/aromatic N) is 1. The lowest BCUT2D eigenvalue weighted by Gasteiger charge is -2.36. The molecule has 0 aliphatic carbocycles. The number of ether oxygens (including phenoxy) is 1. The van der Waals surface area contributed by atoms with E-state index in [1.807, 2.05) is 20.8 Å². The predicted octanol–water partition coefficient (Wildman–Crippen LogP) is 1.43. The van der Waals surface area contributed by atoms with Crippen LogP contribution in [0.2, 0.25) is 0 Å². The number of aromatic amines is 1. The number of aromatic nitrogens is 1. The highest BCUT2D eigenvalue weighted by Gasteiger charge is 2.31. The van der Waals surface area contributed by atoms with E-state index in [1.54, 1.807) is 4.90 Å². The molecule has 2 atom stereocenters. The second-order valence-corrected chi connectivity index (χ2v) is 7.34. The van der Waals surface area contributed by atoms with E-state index in [0.29, 0.717) is 18.7 Å². The largest absolute Gasteiger partial charge is 0.389 e. The summed E-state index contributed by atoms with van der Waals surface area (Å²) in [7, 11) is 1.47. The van der Waals surface area contributed by atoms with Gasteiger partial charge in [0.1, 0.15) is 12.3 Å². The van der Waals surface area contributed by atoms with E-state index in [2.05, 4.69) is 22.4 Å². The van der Waals surface area contributed by atoms with Gasteiger partial charge in [0.15, 0.2) is 0 Å². The summed E-state index contributed by atoms with van der Waals surface area (Å²) in [5.41, 5.74) is 4.62. The number of rotatable bonds is 4. The molecule has 2 amide bonds. The Bertz CT molecular complexity index is 874. The number of H-pyrrole nitrogens is 1. The van der Waals surface area contributed by atoms with E-state index >= 15 is 0 Å². The number of methoxy groups -OCH3 is 1. The Morgan fingerprint density at radius 3 is 2.74 bits per heavy atom. The maximum Gasteiger partial charge on any atom is 0.268 e. The van der Waals surface area contributed by atoms with Gasteiger partial charge < -0.3 is 25.0 Å². The standard InChI is InChI=1S/C20H27N3O4/c1-11-7-12(2)18-14(8-11)13(3)19(22-18)20(26)21-15-5-6-23(9-16(15)24)17(25)10-27-4/h7-8,15-16,22,24H,5-6,9-10H2,1-4H3,(H,21,26)/t15-,16-/m1/s1. The van der Waals surface area contributed by atoms with E-state index in [0.717, 1.165) is 27.6 Å². The number of aryl methyl sites for hydroxylation is 3. The number of amides is 2. The van der Waals surface area contributed by atoms with Crippen molar-refractivity contribution in [1.29, 1.82) is 0 Å². The summed E-state index contributed by atoms with van der Waals surface area (Å²) in [5.74, 6) is -0.389. The second kappa shape index (κ2) is 7.70. The second-order valence-electron chi connectivity index (χ2n) is 7.34. The first-order chi connectivity index (χ1) is 12.8. The summed E-state index contributed by atoms with van der Waals surface area (Å²) < 4.78 is 4.85. The van der Waals surface area contributed by atoms with E-state index in [9.17, 15) is 14.7 Å². The fourth-order valence-electron chi connectivity index (χ4n) is 3.79. The molecular formula is C20H27N3O4. The summed E-state index contributed by atoms with van der Waals surface area (Å²) in [4.78, 5) is 29.5. The van der Waals surface area contributed by atoms with Gasteiger partial charge >= 0.3 is 0 Å². The third-order valence-corrected chi connectivity index (χ3v) is 5.25. The molecule has 1 fully saturated rings. The molecule has 0 radical (unpaired) electrons. The van der Waals surface area contributed by atoms with Crippen molar-refractivity contribution in [2.45, 2.75) is 39.3 Å². The molecule has 0 unspecified atom stereocenters.